The Balaban J connectivity index is 2.63. The molecule has 3 heteroatoms. The summed E-state index contributed by atoms with van der Waals surface area (Å²) in [5.74, 6) is 4.15. The van der Waals surface area contributed by atoms with Gasteiger partial charge in [-0.15, -0.1) is 6.42 Å². The van der Waals surface area contributed by atoms with Crippen LogP contribution in [0.2, 0.25) is 0 Å². The molecular formula is C14H19NO2. The van der Waals surface area contributed by atoms with E-state index < -0.39 is 0 Å². The lowest BCUT2D eigenvalue weighted by molar-refractivity contribution is 0.353. The van der Waals surface area contributed by atoms with Crippen LogP contribution >= 0.6 is 0 Å². The van der Waals surface area contributed by atoms with Gasteiger partial charge in [0.1, 0.15) is 0 Å². The van der Waals surface area contributed by atoms with Crippen LogP contribution in [-0.2, 0) is 6.42 Å². The molecule has 1 aromatic carbocycles. The molecule has 0 saturated heterocycles. The van der Waals surface area contributed by atoms with Gasteiger partial charge in [0.25, 0.3) is 0 Å². The minimum Gasteiger partial charge on any atom is -0.493 e. The van der Waals surface area contributed by atoms with Crippen LogP contribution in [0.15, 0.2) is 18.2 Å². The minimum absolute atomic E-state index is 0.674. The van der Waals surface area contributed by atoms with Crippen molar-refractivity contribution in [1.82, 2.24) is 4.90 Å². The summed E-state index contributed by atoms with van der Waals surface area (Å²) in [4.78, 5) is 2.11. The molecule has 0 bridgehead atoms. The summed E-state index contributed by atoms with van der Waals surface area (Å²) in [7, 11) is 5.30. The summed E-state index contributed by atoms with van der Waals surface area (Å²) in [5, 5.41) is 0. The highest BCUT2D eigenvalue weighted by molar-refractivity contribution is 5.42. The molecule has 0 fully saturated rings. The molecule has 17 heavy (non-hydrogen) atoms. The normalized spacial score (nSPS) is 10.1. The average molecular weight is 233 g/mol. The highest BCUT2D eigenvalue weighted by Crippen LogP contribution is 2.27. The van der Waals surface area contributed by atoms with Crippen LogP contribution in [0.25, 0.3) is 0 Å². The number of nitrogens with zero attached hydrogens (tertiary/aromatic N) is 1. The van der Waals surface area contributed by atoms with Crippen LogP contribution in [0, 0.1) is 12.3 Å². The smallest absolute Gasteiger partial charge is 0.160 e. The van der Waals surface area contributed by atoms with Gasteiger partial charge >= 0.3 is 0 Å². The van der Waals surface area contributed by atoms with Gasteiger partial charge in [-0.05, 0) is 31.2 Å². The Hall–Kier alpha value is -1.66. The number of rotatable bonds is 6. The lowest BCUT2D eigenvalue weighted by Crippen LogP contribution is -2.21. The molecule has 0 aliphatic carbocycles. The van der Waals surface area contributed by atoms with Crippen LogP contribution in [0.3, 0.4) is 0 Å². The Morgan fingerprint density at radius 3 is 2.53 bits per heavy atom. The van der Waals surface area contributed by atoms with Crippen molar-refractivity contribution in [1.29, 1.82) is 0 Å². The van der Waals surface area contributed by atoms with Crippen LogP contribution in [-0.4, -0.2) is 39.3 Å². The first kappa shape index (κ1) is 13.4. The molecule has 0 amide bonds. The summed E-state index contributed by atoms with van der Waals surface area (Å²) < 4.78 is 10.5. The molecule has 0 atom stereocenters. The summed E-state index contributed by atoms with van der Waals surface area (Å²) in [6.07, 6.45) is 6.20. The summed E-state index contributed by atoms with van der Waals surface area (Å²) in [6, 6.07) is 5.98. The largest absolute Gasteiger partial charge is 0.493 e. The van der Waals surface area contributed by atoms with Gasteiger partial charge < -0.3 is 9.47 Å². The number of terminal acetylenes is 1. The van der Waals surface area contributed by atoms with E-state index in [2.05, 4.69) is 10.8 Å². The zero-order chi connectivity index (χ0) is 12.7. The van der Waals surface area contributed by atoms with E-state index in [1.165, 1.54) is 5.56 Å². The van der Waals surface area contributed by atoms with Crippen molar-refractivity contribution in [3.05, 3.63) is 23.8 Å². The van der Waals surface area contributed by atoms with Crippen LogP contribution < -0.4 is 9.47 Å². The number of methoxy groups -OCH3 is 2. The van der Waals surface area contributed by atoms with Gasteiger partial charge in [-0.25, -0.2) is 0 Å². The second kappa shape index (κ2) is 6.82. The van der Waals surface area contributed by atoms with Gasteiger partial charge in [-0.1, -0.05) is 12.0 Å². The number of hydrogen-bond donors (Lipinski definition) is 0. The van der Waals surface area contributed by atoms with E-state index in [4.69, 9.17) is 15.9 Å². The van der Waals surface area contributed by atoms with Gasteiger partial charge in [0.05, 0.1) is 20.8 Å². The Morgan fingerprint density at radius 1 is 1.24 bits per heavy atom. The summed E-state index contributed by atoms with van der Waals surface area (Å²) in [5.41, 5.74) is 1.21. The predicted molar refractivity (Wildman–Crippen MR) is 69.6 cm³/mol. The third-order valence-electron chi connectivity index (χ3n) is 2.59. The van der Waals surface area contributed by atoms with E-state index in [-0.39, 0.29) is 0 Å². The van der Waals surface area contributed by atoms with Crippen LogP contribution in [0.1, 0.15) is 5.56 Å². The Kier molecular flexibility index (Phi) is 5.38. The Bertz CT molecular complexity index is 396. The molecular weight excluding hydrogens is 214 g/mol. The number of hydrogen-bond acceptors (Lipinski definition) is 3. The number of likely N-dealkylation sites (N-methyl/N-ethyl adjacent to an activating group) is 1. The standard InChI is InChI=1S/C14H19NO2/c1-5-9-15(2)10-8-12-6-7-13(16-3)14(11-12)17-4/h1,6-7,11H,8-10H2,2-4H3. The van der Waals surface area contributed by atoms with Crippen molar-refractivity contribution in [3.8, 4) is 23.8 Å². The molecule has 0 unspecified atom stereocenters. The van der Waals surface area contributed by atoms with E-state index in [9.17, 15) is 0 Å². The maximum atomic E-state index is 5.26. The van der Waals surface area contributed by atoms with Gasteiger partial charge in [0.2, 0.25) is 0 Å². The van der Waals surface area contributed by atoms with Crippen LogP contribution in [0.4, 0.5) is 0 Å². The van der Waals surface area contributed by atoms with E-state index in [0.29, 0.717) is 6.54 Å². The molecule has 0 saturated carbocycles. The summed E-state index contributed by atoms with van der Waals surface area (Å²) in [6.45, 7) is 1.60. The SMILES string of the molecule is C#CCN(C)CCc1ccc(OC)c(OC)c1. The molecule has 1 aromatic rings. The fourth-order valence-electron chi connectivity index (χ4n) is 1.59. The van der Waals surface area contributed by atoms with E-state index in [1.807, 2.05) is 25.2 Å². The Morgan fingerprint density at radius 2 is 1.94 bits per heavy atom. The first-order valence-electron chi connectivity index (χ1n) is 5.54. The van der Waals surface area contributed by atoms with E-state index >= 15 is 0 Å². The molecule has 92 valence electrons. The summed E-state index contributed by atoms with van der Waals surface area (Å²) >= 11 is 0. The highest BCUT2D eigenvalue weighted by atomic mass is 16.5. The van der Waals surface area contributed by atoms with Crippen molar-refractivity contribution in [2.24, 2.45) is 0 Å². The van der Waals surface area contributed by atoms with Crippen molar-refractivity contribution in [2.45, 2.75) is 6.42 Å². The third kappa shape index (κ3) is 4.01. The molecule has 0 spiro atoms. The lowest BCUT2D eigenvalue weighted by atomic mass is 10.1. The number of benzene rings is 1. The van der Waals surface area contributed by atoms with Gasteiger partial charge in [0, 0.05) is 6.54 Å². The molecule has 0 aliphatic heterocycles. The van der Waals surface area contributed by atoms with Crippen molar-refractivity contribution >= 4 is 0 Å². The second-order valence-electron chi connectivity index (χ2n) is 3.88. The fourth-order valence-corrected chi connectivity index (χ4v) is 1.59. The van der Waals surface area contributed by atoms with Gasteiger partial charge in [-0.3, -0.25) is 4.90 Å². The molecule has 0 aliphatic rings. The van der Waals surface area contributed by atoms with Crippen molar-refractivity contribution in [3.63, 3.8) is 0 Å². The topological polar surface area (TPSA) is 21.7 Å². The molecule has 1 rings (SSSR count). The lowest BCUT2D eigenvalue weighted by Gasteiger charge is -2.14. The maximum Gasteiger partial charge on any atom is 0.160 e. The van der Waals surface area contributed by atoms with E-state index in [1.54, 1.807) is 14.2 Å². The Labute approximate surface area is 103 Å². The molecule has 0 N–H and O–H groups in total. The zero-order valence-electron chi connectivity index (χ0n) is 10.7. The van der Waals surface area contributed by atoms with E-state index in [0.717, 1.165) is 24.5 Å². The molecule has 0 radical (unpaired) electrons. The minimum atomic E-state index is 0.674. The third-order valence-corrected chi connectivity index (χ3v) is 2.59. The van der Waals surface area contributed by atoms with Gasteiger partial charge in [0.15, 0.2) is 11.5 Å². The quantitative estimate of drug-likeness (QED) is 0.699. The van der Waals surface area contributed by atoms with Crippen molar-refractivity contribution in [2.75, 3.05) is 34.4 Å². The fraction of sp³-hybridized carbons (Fsp3) is 0.429. The molecule has 0 aromatic heterocycles. The second-order valence-corrected chi connectivity index (χ2v) is 3.88. The number of ether oxygens (including phenoxy) is 2. The zero-order valence-corrected chi connectivity index (χ0v) is 10.7. The molecule has 3 nitrogen and oxygen atoms in total. The average Bonchev–Trinajstić information content (AvgIpc) is 2.36. The first-order valence-corrected chi connectivity index (χ1v) is 5.54. The van der Waals surface area contributed by atoms with Gasteiger partial charge in [-0.2, -0.15) is 0 Å². The first-order chi connectivity index (χ1) is 8.21. The van der Waals surface area contributed by atoms with Crippen molar-refractivity contribution < 1.29 is 9.47 Å². The van der Waals surface area contributed by atoms with Crippen LogP contribution in [0.5, 0.6) is 11.5 Å². The highest BCUT2D eigenvalue weighted by Gasteiger charge is 2.05. The monoisotopic (exact) mass is 233 g/mol. The molecule has 0 heterocycles. The maximum absolute atomic E-state index is 5.26. The predicted octanol–water partition coefficient (Wildman–Crippen LogP) is 1.81.